The summed E-state index contributed by atoms with van der Waals surface area (Å²) in [4.78, 5) is 18.4. The fourth-order valence-corrected chi connectivity index (χ4v) is 4.28. The number of rotatable bonds is 3. The Hall–Kier alpha value is -3.25. The molecule has 3 heterocycles. The number of pyridine rings is 1. The first-order valence-corrected chi connectivity index (χ1v) is 9.94. The highest BCUT2D eigenvalue weighted by atomic mass is 35.5. The Bertz CT molecular complexity index is 1310. The molecule has 30 heavy (non-hydrogen) atoms. The first-order valence-electron chi connectivity index (χ1n) is 9.57. The Morgan fingerprint density at radius 2 is 2.03 bits per heavy atom. The molecule has 2 aromatic heterocycles. The monoisotopic (exact) mass is 420 g/mol. The SMILES string of the molecule is Cc1ccc(-c2cc(F)c(CN3Cc4ncccc4C3=O)c(Cl)c2)c2cn(C)nc12. The molecule has 5 nitrogen and oxygen atoms in total. The van der Waals surface area contributed by atoms with Gasteiger partial charge in [0.2, 0.25) is 0 Å². The molecule has 0 fully saturated rings. The van der Waals surface area contributed by atoms with Gasteiger partial charge in [0, 0.05) is 35.4 Å². The minimum Gasteiger partial charge on any atom is -0.328 e. The highest BCUT2D eigenvalue weighted by Crippen LogP contribution is 2.35. The Morgan fingerprint density at radius 3 is 2.80 bits per heavy atom. The van der Waals surface area contributed by atoms with E-state index in [4.69, 9.17) is 11.6 Å². The summed E-state index contributed by atoms with van der Waals surface area (Å²) in [5, 5.41) is 5.73. The highest BCUT2D eigenvalue weighted by Gasteiger charge is 2.29. The van der Waals surface area contributed by atoms with E-state index in [9.17, 15) is 4.79 Å². The second-order valence-electron chi connectivity index (χ2n) is 7.57. The lowest BCUT2D eigenvalue weighted by atomic mass is 9.98. The minimum atomic E-state index is -0.438. The molecule has 0 spiro atoms. The molecule has 7 heteroatoms. The normalized spacial score (nSPS) is 13.3. The molecule has 1 aliphatic heterocycles. The number of aromatic nitrogens is 3. The Morgan fingerprint density at radius 1 is 1.20 bits per heavy atom. The van der Waals surface area contributed by atoms with Crippen LogP contribution in [0.25, 0.3) is 22.0 Å². The number of nitrogens with zero attached hydrogens (tertiary/aromatic N) is 4. The maximum atomic E-state index is 15.1. The number of fused-ring (bicyclic) bond motifs is 2. The Kier molecular flexibility index (Phi) is 4.33. The lowest BCUT2D eigenvalue weighted by Crippen LogP contribution is -2.24. The summed E-state index contributed by atoms with van der Waals surface area (Å²) < 4.78 is 16.9. The molecule has 1 amide bonds. The van der Waals surface area contributed by atoms with Crippen molar-refractivity contribution in [1.82, 2.24) is 19.7 Å². The molecule has 0 aliphatic carbocycles. The zero-order valence-corrected chi connectivity index (χ0v) is 17.2. The van der Waals surface area contributed by atoms with Gasteiger partial charge in [-0.2, -0.15) is 5.10 Å². The van der Waals surface area contributed by atoms with E-state index in [2.05, 4.69) is 10.1 Å². The van der Waals surface area contributed by atoms with Crippen LogP contribution >= 0.6 is 11.6 Å². The van der Waals surface area contributed by atoms with Crippen LogP contribution in [0.3, 0.4) is 0 Å². The summed E-state index contributed by atoms with van der Waals surface area (Å²) in [6.07, 6.45) is 3.57. The molecule has 0 saturated heterocycles. The van der Waals surface area contributed by atoms with Crippen LogP contribution in [0.5, 0.6) is 0 Å². The van der Waals surface area contributed by atoms with Crippen LogP contribution in [0.15, 0.2) is 48.8 Å². The van der Waals surface area contributed by atoms with Crippen molar-refractivity contribution < 1.29 is 9.18 Å². The first kappa shape index (κ1) is 18.8. The summed E-state index contributed by atoms with van der Waals surface area (Å²) in [6.45, 7) is 2.44. The Labute approximate surface area is 177 Å². The van der Waals surface area contributed by atoms with Crippen molar-refractivity contribution in [2.75, 3.05) is 0 Å². The van der Waals surface area contributed by atoms with E-state index in [0.717, 1.165) is 22.0 Å². The van der Waals surface area contributed by atoms with E-state index < -0.39 is 5.82 Å². The van der Waals surface area contributed by atoms with Gasteiger partial charge in [0.15, 0.2) is 0 Å². The van der Waals surface area contributed by atoms with E-state index in [1.807, 2.05) is 32.3 Å². The van der Waals surface area contributed by atoms with Gasteiger partial charge in [-0.15, -0.1) is 0 Å². The predicted octanol–water partition coefficient (Wildman–Crippen LogP) is 4.89. The van der Waals surface area contributed by atoms with Crippen LogP contribution in [-0.2, 0) is 20.1 Å². The van der Waals surface area contributed by atoms with Crippen LogP contribution < -0.4 is 0 Å². The molecule has 150 valence electrons. The summed E-state index contributed by atoms with van der Waals surface area (Å²) in [6, 6.07) is 10.6. The van der Waals surface area contributed by atoms with Crippen molar-refractivity contribution in [3.8, 4) is 11.1 Å². The van der Waals surface area contributed by atoms with E-state index >= 15 is 4.39 Å². The van der Waals surface area contributed by atoms with Crippen LogP contribution in [0.4, 0.5) is 4.39 Å². The molecular weight excluding hydrogens is 403 g/mol. The maximum Gasteiger partial charge on any atom is 0.256 e. The molecule has 0 atom stereocenters. The third kappa shape index (κ3) is 2.95. The van der Waals surface area contributed by atoms with Crippen LogP contribution in [0.2, 0.25) is 5.02 Å². The van der Waals surface area contributed by atoms with E-state index in [-0.39, 0.29) is 12.5 Å². The highest BCUT2D eigenvalue weighted by molar-refractivity contribution is 6.31. The zero-order chi connectivity index (χ0) is 21.0. The van der Waals surface area contributed by atoms with Gasteiger partial charge >= 0.3 is 0 Å². The molecular formula is C23H18ClFN4O. The lowest BCUT2D eigenvalue weighted by molar-refractivity contribution is 0.0765. The van der Waals surface area contributed by atoms with Gasteiger partial charge in [-0.1, -0.05) is 23.7 Å². The third-order valence-electron chi connectivity index (χ3n) is 5.54. The Balaban J connectivity index is 1.51. The largest absolute Gasteiger partial charge is 0.328 e. The summed E-state index contributed by atoms with van der Waals surface area (Å²) in [5.74, 6) is -0.597. The molecule has 0 unspecified atom stereocenters. The average molecular weight is 421 g/mol. The van der Waals surface area contributed by atoms with Crippen molar-refractivity contribution in [2.24, 2.45) is 7.05 Å². The second kappa shape index (κ2) is 6.92. The van der Waals surface area contributed by atoms with E-state index in [1.54, 1.807) is 34.0 Å². The van der Waals surface area contributed by atoms with E-state index in [1.165, 1.54) is 6.07 Å². The number of amides is 1. The second-order valence-corrected chi connectivity index (χ2v) is 7.98. The fraction of sp³-hybridized carbons (Fsp3) is 0.174. The van der Waals surface area contributed by atoms with Crippen molar-refractivity contribution in [3.63, 3.8) is 0 Å². The molecule has 0 saturated carbocycles. The molecule has 5 rings (SSSR count). The molecule has 0 radical (unpaired) electrons. The number of hydrogen-bond acceptors (Lipinski definition) is 3. The maximum absolute atomic E-state index is 15.1. The number of carbonyl (C=O) groups excluding carboxylic acids is 1. The van der Waals surface area contributed by atoms with Crippen molar-refractivity contribution in [3.05, 3.63) is 82.0 Å². The quantitative estimate of drug-likeness (QED) is 0.474. The smallest absolute Gasteiger partial charge is 0.256 e. The minimum absolute atomic E-state index is 0.0936. The van der Waals surface area contributed by atoms with E-state index in [0.29, 0.717) is 34.0 Å². The van der Waals surface area contributed by atoms with Gasteiger partial charge in [-0.3, -0.25) is 14.5 Å². The van der Waals surface area contributed by atoms with Crippen molar-refractivity contribution in [1.29, 1.82) is 0 Å². The number of aryl methyl sites for hydroxylation is 2. The molecule has 2 aromatic carbocycles. The van der Waals surface area contributed by atoms with Crippen LogP contribution in [-0.4, -0.2) is 25.6 Å². The van der Waals surface area contributed by atoms with Crippen molar-refractivity contribution >= 4 is 28.4 Å². The van der Waals surface area contributed by atoms with Gasteiger partial charge in [0.1, 0.15) is 5.82 Å². The van der Waals surface area contributed by atoms with Crippen LogP contribution in [0, 0.1) is 12.7 Å². The third-order valence-corrected chi connectivity index (χ3v) is 5.88. The predicted molar refractivity (Wildman–Crippen MR) is 114 cm³/mol. The standard InChI is InChI=1S/C23H18ClFN4O/c1-13-5-6-15(17-10-28(2)27-22(13)17)14-8-19(24)18(20(25)9-14)11-29-12-21-16(23(29)30)4-3-7-26-21/h3-10H,11-12H2,1-2H3. The number of carbonyl (C=O) groups is 1. The topological polar surface area (TPSA) is 51.0 Å². The molecule has 0 N–H and O–H groups in total. The zero-order valence-electron chi connectivity index (χ0n) is 16.5. The summed E-state index contributed by atoms with van der Waals surface area (Å²) >= 11 is 6.50. The van der Waals surface area contributed by atoms with Crippen molar-refractivity contribution in [2.45, 2.75) is 20.0 Å². The molecule has 0 bridgehead atoms. The van der Waals surface area contributed by atoms with Gasteiger partial charge in [0.25, 0.3) is 5.91 Å². The fourth-order valence-electron chi connectivity index (χ4n) is 4.02. The number of benzene rings is 2. The average Bonchev–Trinajstić information content (AvgIpc) is 3.26. The number of halogens is 2. The first-order chi connectivity index (χ1) is 14.4. The molecule has 4 aromatic rings. The lowest BCUT2D eigenvalue weighted by Gasteiger charge is -2.18. The molecule has 1 aliphatic rings. The summed E-state index contributed by atoms with van der Waals surface area (Å²) in [7, 11) is 1.86. The summed E-state index contributed by atoms with van der Waals surface area (Å²) in [5.41, 5.74) is 5.04. The van der Waals surface area contributed by atoms with Gasteiger partial charge in [0.05, 0.1) is 29.9 Å². The van der Waals surface area contributed by atoms with Gasteiger partial charge in [-0.05, 0) is 47.9 Å². The van der Waals surface area contributed by atoms with Gasteiger partial charge < -0.3 is 4.90 Å². The van der Waals surface area contributed by atoms with Gasteiger partial charge in [-0.25, -0.2) is 4.39 Å². The number of hydrogen-bond donors (Lipinski definition) is 0. The van der Waals surface area contributed by atoms with Crippen LogP contribution in [0.1, 0.15) is 27.2 Å².